The highest BCUT2D eigenvalue weighted by atomic mass is 15.2. The average molecular weight is 289 g/mol. The highest BCUT2D eigenvalue weighted by Crippen LogP contribution is 2.16. The Morgan fingerprint density at radius 2 is 1.57 bits per heavy atom. The SMILES string of the molecule is CCN(CC)c1ccc(CCCN2CCN(C)CC2)cc1. The number of piperazine rings is 1. The van der Waals surface area contributed by atoms with E-state index in [1.165, 1.54) is 56.8 Å². The van der Waals surface area contributed by atoms with Crippen LogP contribution in [0.25, 0.3) is 0 Å². The topological polar surface area (TPSA) is 9.72 Å². The standard InChI is InChI=1S/C18H31N3/c1-4-21(5-2)18-10-8-17(9-11-18)7-6-12-20-15-13-19(3)14-16-20/h8-11H,4-7,12-16H2,1-3H3. The van der Waals surface area contributed by atoms with Crippen LogP contribution in [0.15, 0.2) is 24.3 Å². The zero-order chi connectivity index (χ0) is 15.1. The summed E-state index contributed by atoms with van der Waals surface area (Å²) in [7, 11) is 2.22. The van der Waals surface area contributed by atoms with Crippen LogP contribution < -0.4 is 4.90 Å². The normalized spacial score (nSPS) is 17.1. The van der Waals surface area contributed by atoms with E-state index in [2.05, 4.69) is 59.9 Å². The summed E-state index contributed by atoms with van der Waals surface area (Å²) in [6, 6.07) is 9.16. The Morgan fingerprint density at radius 1 is 0.952 bits per heavy atom. The van der Waals surface area contributed by atoms with Gasteiger partial charge < -0.3 is 14.7 Å². The second kappa shape index (κ2) is 8.40. The average Bonchev–Trinajstić information content (AvgIpc) is 2.52. The lowest BCUT2D eigenvalue weighted by Crippen LogP contribution is -2.44. The maximum absolute atomic E-state index is 2.60. The molecule has 1 aromatic carbocycles. The van der Waals surface area contributed by atoms with Gasteiger partial charge in [-0.05, 0) is 58.0 Å². The number of likely N-dealkylation sites (N-methyl/N-ethyl adjacent to an activating group) is 1. The van der Waals surface area contributed by atoms with Crippen molar-refractivity contribution in [3.63, 3.8) is 0 Å². The van der Waals surface area contributed by atoms with Gasteiger partial charge in [-0.25, -0.2) is 0 Å². The summed E-state index contributed by atoms with van der Waals surface area (Å²) in [4.78, 5) is 7.42. The van der Waals surface area contributed by atoms with Gasteiger partial charge in [-0.2, -0.15) is 0 Å². The van der Waals surface area contributed by atoms with Crippen molar-refractivity contribution in [3.05, 3.63) is 29.8 Å². The van der Waals surface area contributed by atoms with E-state index in [9.17, 15) is 0 Å². The minimum Gasteiger partial charge on any atom is -0.372 e. The first kappa shape index (κ1) is 16.3. The molecule has 0 bridgehead atoms. The fourth-order valence-corrected chi connectivity index (χ4v) is 3.04. The second-order valence-corrected chi connectivity index (χ2v) is 6.09. The van der Waals surface area contributed by atoms with E-state index in [1.54, 1.807) is 0 Å². The van der Waals surface area contributed by atoms with Crippen LogP contribution in [0.5, 0.6) is 0 Å². The fraction of sp³-hybridized carbons (Fsp3) is 0.667. The molecule has 3 heteroatoms. The first-order valence-corrected chi connectivity index (χ1v) is 8.47. The van der Waals surface area contributed by atoms with Gasteiger partial charge in [0.05, 0.1) is 0 Å². The second-order valence-electron chi connectivity index (χ2n) is 6.09. The Morgan fingerprint density at radius 3 is 2.14 bits per heavy atom. The van der Waals surface area contributed by atoms with Gasteiger partial charge in [0.15, 0.2) is 0 Å². The zero-order valence-corrected chi connectivity index (χ0v) is 14.0. The molecule has 0 aliphatic carbocycles. The van der Waals surface area contributed by atoms with Crippen LogP contribution in [0.4, 0.5) is 5.69 Å². The highest BCUT2D eigenvalue weighted by molar-refractivity contribution is 5.47. The molecular weight excluding hydrogens is 258 g/mol. The quantitative estimate of drug-likeness (QED) is 0.764. The number of aryl methyl sites for hydroxylation is 1. The lowest BCUT2D eigenvalue weighted by molar-refractivity contribution is 0.153. The molecule has 0 spiro atoms. The lowest BCUT2D eigenvalue weighted by Gasteiger charge is -2.32. The molecule has 1 heterocycles. The van der Waals surface area contributed by atoms with Gasteiger partial charge in [0.2, 0.25) is 0 Å². The molecular formula is C18H31N3. The van der Waals surface area contributed by atoms with Crippen molar-refractivity contribution >= 4 is 5.69 Å². The molecule has 1 aliphatic rings. The molecule has 0 aromatic heterocycles. The van der Waals surface area contributed by atoms with Gasteiger partial charge in [-0.3, -0.25) is 0 Å². The number of hydrogen-bond donors (Lipinski definition) is 0. The van der Waals surface area contributed by atoms with E-state index in [-0.39, 0.29) is 0 Å². The predicted octanol–water partition coefficient (Wildman–Crippen LogP) is 2.71. The molecule has 1 saturated heterocycles. The van der Waals surface area contributed by atoms with Crippen LogP contribution in [0, 0.1) is 0 Å². The first-order valence-electron chi connectivity index (χ1n) is 8.47. The molecule has 0 unspecified atom stereocenters. The molecule has 1 fully saturated rings. The summed E-state index contributed by atoms with van der Waals surface area (Å²) in [5.41, 5.74) is 2.82. The summed E-state index contributed by atoms with van der Waals surface area (Å²) in [5.74, 6) is 0. The smallest absolute Gasteiger partial charge is 0.0366 e. The maximum atomic E-state index is 2.60. The van der Waals surface area contributed by atoms with Crippen molar-refractivity contribution in [2.45, 2.75) is 26.7 Å². The Bertz CT molecular complexity index is 389. The van der Waals surface area contributed by atoms with Gasteiger partial charge in [-0.1, -0.05) is 12.1 Å². The van der Waals surface area contributed by atoms with Crippen LogP contribution >= 0.6 is 0 Å². The third-order valence-corrected chi connectivity index (χ3v) is 4.60. The number of anilines is 1. The van der Waals surface area contributed by atoms with E-state index in [4.69, 9.17) is 0 Å². The Hall–Kier alpha value is -1.06. The van der Waals surface area contributed by atoms with Crippen LogP contribution in [0.1, 0.15) is 25.8 Å². The van der Waals surface area contributed by atoms with E-state index in [1.807, 2.05) is 0 Å². The van der Waals surface area contributed by atoms with Crippen LogP contribution in [-0.4, -0.2) is 62.7 Å². The molecule has 0 radical (unpaired) electrons. The minimum absolute atomic E-state index is 1.08. The van der Waals surface area contributed by atoms with Gasteiger partial charge in [-0.15, -0.1) is 0 Å². The third-order valence-electron chi connectivity index (χ3n) is 4.60. The van der Waals surface area contributed by atoms with Gasteiger partial charge in [0, 0.05) is 45.0 Å². The summed E-state index contributed by atoms with van der Waals surface area (Å²) in [6.07, 6.45) is 2.47. The molecule has 1 aromatic rings. The zero-order valence-electron chi connectivity index (χ0n) is 14.0. The van der Waals surface area contributed by atoms with Crippen LogP contribution in [0.2, 0.25) is 0 Å². The number of rotatable bonds is 7. The number of hydrogen-bond acceptors (Lipinski definition) is 3. The molecule has 2 rings (SSSR count). The lowest BCUT2D eigenvalue weighted by atomic mass is 10.1. The van der Waals surface area contributed by atoms with E-state index in [0.29, 0.717) is 0 Å². The predicted molar refractivity (Wildman–Crippen MR) is 92.3 cm³/mol. The van der Waals surface area contributed by atoms with E-state index < -0.39 is 0 Å². The number of nitrogens with zero attached hydrogens (tertiary/aromatic N) is 3. The van der Waals surface area contributed by atoms with Gasteiger partial charge >= 0.3 is 0 Å². The highest BCUT2D eigenvalue weighted by Gasteiger charge is 2.12. The van der Waals surface area contributed by atoms with Crippen molar-refractivity contribution in [1.29, 1.82) is 0 Å². The van der Waals surface area contributed by atoms with Gasteiger partial charge in [0.25, 0.3) is 0 Å². The van der Waals surface area contributed by atoms with Crippen LogP contribution in [0.3, 0.4) is 0 Å². The molecule has 118 valence electrons. The van der Waals surface area contributed by atoms with Gasteiger partial charge in [0.1, 0.15) is 0 Å². The molecule has 1 aliphatic heterocycles. The van der Waals surface area contributed by atoms with E-state index in [0.717, 1.165) is 13.1 Å². The molecule has 0 atom stereocenters. The third kappa shape index (κ3) is 5.01. The van der Waals surface area contributed by atoms with Crippen molar-refractivity contribution < 1.29 is 0 Å². The number of benzene rings is 1. The summed E-state index contributed by atoms with van der Waals surface area (Å²) in [6.45, 7) is 12.7. The Balaban J connectivity index is 1.73. The van der Waals surface area contributed by atoms with E-state index >= 15 is 0 Å². The Labute approximate surface area is 130 Å². The molecule has 21 heavy (non-hydrogen) atoms. The van der Waals surface area contributed by atoms with Crippen LogP contribution in [-0.2, 0) is 6.42 Å². The molecule has 0 saturated carbocycles. The van der Waals surface area contributed by atoms with Crippen molar-refractivity contribution in [2.24, 2.45) is 0 Å². The first-order chi connectivity index (χ1) is 10.2. The summed E-state index contributed by atoms with van der Waals surface area (Å²) >= 11 is 0. The summed E-state index contributed by atoms with van der Waals surface area (Å²) < 4.78 is 0. The largest absolute Gasteiger partial charge is 0.372 e. The molecule has 3 nitrogen and oxygen atoms in total. The fourth-order valence-electron chi connectivity index (χ4n) is 3.04. The molecule has 0 N–H and O–H groups in total. The Kier molecular flexibility index (Phi) is 6.52. The van der Waals surface area contributed by atoms with Crippen molar-refractivity contribution in [1.82, 2.24) is 9.80 Å². The monoisotopic (exact) mass is 289 g/mol. The molecule has 0 amide bonds. The van der Waals surface area contributed by atoms with Crippen molar-refractivity contribution in [3.8, 4) is 0 Å². The van der Waals surface area contributed by atoms with Crippen molar-refractivity contribution in [2.75, 3.05) is 57.8 Å². The summed E-state index contributed by atoms with van der Waals surface area (Å²) in [5, 5.41) is 0. The maximum Gasteiger partial charge on any atom is 0.0366 e. The minimum atomic E-state index is 1.08.